The number of hydrogen-bond donors (Lipinski definition) is 1. The molecule has 0 radical (unpaired) electrons. The highest BCUT2D eigenvalue weighted by atomic mass is 35.5. The molecule has 7 heteroatoms. The smallest absolute Gasteiger partial charge is 0.413 e. The van der Waals surface area contributed by atoms with E-state index in [1.807, 2.05) is 32.0 Å². The molecule has 1 heterocycles. The predicted octanol–water partition coefficient (Wildman–Crippen LogP) is 4.06. The highest BCUT2D eigenvalue weighted by Crippen LogP contribution is 2.31. The molecule has 1 aromatic carbocycles. The van der Waals surface area contributed by atoms with Crippen molar-refractivity contribution < 1.29 is 9.53 Å². The SMILES string of the molecule is CC(C)COC(=O)Nc1nnc(-c2ccccc2Cl)s1. The molecule has 0 aliphatic heterocycles. The number of halogens is 1. The summed E-state index contributed by atoms with van der Waals surface area (Å²) in [4.78, 5) is 11.5. The molecule has 2 aromatic rings. The topological polar surface area (TPSA) is 64.1 Å². The van der Waals surface area contributed by atoms with Gasteiger partial charge in [0.2, 0.25) is 5.13 Å². The number of anilines is 1. The minimum absolute atomic E-state index is 0.286. The second-order valence-electron chi connectivity index (χ2n) is 4.51. The van der Waals surface area contributed by atoms with Crippen LogP contribution < -0.4 is 5.32 Å². The van der Waals surface area contributed by atoms with Gasteiger partial charge in [0.05, 0.1) is 11.6 Å². The van der Waals surface area contributed by atoms with Gasteiger partial charge in [-0.15, -0.1) is 10.2 Å². The number of nitrogens with one attached hydrogen (secondary N) is 1. The van der Waals surface area contributed by atoms with Crippen LogP contribution in [0.1, 0.15) is 13.8 Å². The quantitative estimate of drug-likeness (QED) is 0.924. The summed E-state index contributed by atoms with van der Waals surface area (Å²) in [6.07, 6.45) is -0.527. The zero-order valence-corrected chi connectivity index (χ0v) is 12.7. The standard InChI is InChI=1S/C13H14ClN3O2S/c1-8(2)7-19-13(18)15-12-17-16-11(20-12)9-5-3-4-6-10(9)14/h3-6,8H,7H2,1-2H3,(H,15,17,18). The number of hydrogen-bond acceptors (Lipinski definition) is 5. The summed E-state index contributed by atoms with van der Waals surface area (Å²) in [7, 11) is 0. The molecule has 1 N–H and O–H groups in total. The van der Waals surface area contributed by atoms with Crippen LogP contribution in [0.25, 0.3) is 10.6 Å². The van der Waals surface area contributed by atoms with Crippen molar-refractivity contribution >= 4 is 34.2 Å². The van der Waals surface area contributed by atoms with Gasteiger partial charge in [0.25, 0.3) is 0 Å². The van der Waals surface area contributed by atoms with Crippen molar-refractivity contribution in [3.8, 4) is 10.6 Å². The highest BCUT2D eigenvalue weighted by Gasteiger charge is 2.12. The van der Waals surface area contributed by atoms with Crippen LogP contribution >= 0.6 is 22.9 Å². The van der Waals surface area contributed by atoms with Gasteiger partial charge in [-0.1, -0.05) is 55.0 Å². The summed E-state index contributed by atoms with van der Waals surface area (Å²) in [6, 6.07) is 7.34. The fraction of sp³-hybridized carbons (Fsp3) is 0.308. The number of rotatable bonds is 4. The van der Waals surface area contributed by atoms with E-state index in [4.69, 9.17) is 16.3 Å². The van der Waals surface area contributed by atoms with Gasteiger partial charge < -0.3 is 4.74 Å². The van der Waals surface area contributed by atoms with Crippen LogP contribution in [0.3, 0.4) is 0 Å². The molecule has 0 saturated carbocycles. The summed E-state index contributed by atoms with van der Waals surface area (Å²) in [6.45, 7) is 4.30. The monoisotopic (exact) mass is 311 g/mol. The molecular formula is C13H14ClN3O2S. The van der Waals surface area contributed by atoms with Gasteiger partial charge >= 0.3 is 6.09 Å². The summed E-state index contributed by atoms with van der Waals surface area (Å²) in [5.41, 5.74) is 0.787. The molecule has 5 nitrogen and oxygen atoms in total. The van der Waals surface area contributed by atoms with E-state index in [2.05, 4.69) is 15.5 Å². The van der Waals surface area contributed by atoms with E-state index in [1.54, 1.807) is 6.07 Å². The predicted molar refractivity (Wildman–Crippen MR) is 80.2 cm³/mol. The van der Waals surface area contributed by atoms with Gasteiger partial charge in [-0.2, -0.15) is 0 Å². The third-order valence-corrected chi connectivity index (χ3v) is 3.49. The van der Waals surface area contributed by atoms with Crippen molar-refractivity contribution in [1.29, 1.82) is 0 Å². The molecule has 1 aromatic heterocycles. The summed E-state index contributed by atoms with van der Waals surface area (Å²) < 4.78 is 5.01. The lowest BCUT2D eigenvalue weighted by atomic mass is 10.2. The molecule has 0 aliphatic rings. The Hall–Kier alpha value is -1.66. The maximum atomic E-state index is 11.5. The molecule has 106 valence electrons. The third kappa shape index (κ3) is 3.91. The van der Waals surface area contributed by atoms with Crippen LogP contribution in [0.15, 0.2) is 24.3 Å². The van der Waals surface area contributed by atoms with E-state index in [0.29, 0.717) is 21.8 Å². The van der Waals surface area contributed by atoms with E-state index < -0.39 is 6.09 Å². The molecule has 2 rings (SSSR count). The van der Waals surface area contributed by atoms with Gasteiger partial charge in [-0.3, -0.25) is 5.32 Å². The maximum Gasteiger partial charge on any atom is 0.413 e. The van der Waals surface area contributed by atoms with Gasteiger partial charge in [0.1, 0.15) is 0 Å². The fourth-order valence-electron chi connectivity index (χ4n) is 1.38. The summed E-state index contributed by atoms with van der Waals surface area (Å²) in [5, 5.41) is 12.1. The minimum Gasteiger partial charge on any atom is -0.449 e. The Labute approximate surface area is 125 Å². The van der Waals surface area contributed by atoms with Crippen molar-refractivity contribution in [3.05, 3.63) is 29.3 Å². The Bertz CT molecular complexity index is 601. The van der Waals surface area contributed by atoms with E-state index in [9.17, 15) is 4.79 Å². The Kier molecular flexibility index (Phi) is 4.92. The van der Waals surface area contributed by atoms with Gasteiger partial charge in [-0.05, 0) is 12.0 Å². The number of aromatic nitrogens is 2. The maximum absolute atomic E-state index is 11.5. The summed E-state index contributed by atoms with van der Waals surface area (Å²) in [5.74, 6) is 0.286. The van der Waals surface area contributed by atoms with Crippen LogP contribution in [0, 0.1) is 5.92 Å². The van der Waals surface area contributed by atoms with Crippen LogP contribution in [0.2, 0.25) is 5.02 Å². The van der Waals surface area contributed by atoms with E-state index >= 15 is 0 Å². The zero-order valence-electron chi connectivity index (χ0n) is 11.1. The number of carbonyl (C=O) groups is 1. The fourth-order valence-corrected chi connectivity index (χ4v) is 2.43. The average Bonchev–Trinajstić information content (AvgIpc) is 2.85. The number of carbonyl (C=O) groups excluding carboxylic acids is 1. The lowest BCUT2D eigenvalue weighted by Crippen LogP contribution is -2.16. The van der Waals surface area contributed by atoms with Gasteiger partial charge in [0, 0.05) is 5.56 Å². The Morgan fingerprint density at radius 2 is 2.15 bits per heavy atom. The highest BCUT2D eigenvalue weighted by molar-refractivity contribution is 7.18. The van der Waals surface area contributed by atoms with Crippen molar-refractivity contribution in [2.75, 3.05) is 11.9 Å². The van der Waals surface area contributed by atoms with Gasteiger partial charge in [0.15, 0.2) is 5.01 Å². The Morgan fingerprint density at radius 3 is 2.85 bits per heavy atom. The summed E-state index contributed by atoms with van der Waals surface area (Å²) >= 11 is 7.33. The second kappa shape index (κ2) is 6.67. The molecule has 0 atom stereocenters. The second-order valence-corrected chi connectivity index (χ2v) is 5.89. The molecule has 0 aliphatic carbocycles. The first kappa shape index (κ1) is 14.7. The molecule has 0 unspecified atom stereocenters. The lowest BCUT2D eigenvalue weighted by Gasteiger charge is -2.06. The molecular weight excluding hydrogens is 298 g/mol. The minimum atomic E-state index is -0.527. The van der Waals surface area contributed by atoms with Crippen LogP contribution in [0.4, 0.5) is 9.93 Å². The van der Waals surface area contributed by atoms with Crippen molar-refractivity contribution in [3.63, 3.8) is 0 Å². The number of nitrogens with zero attached hydrogens (tertiary/aromatic N) is 2. The molecule has 0 bridgehead atoms. The largest absolute Gasteiger partial charge is 0.449 e. The third-order valence-electron chi connectivity index (χ3n) is 2.29. The number of benzene rings is 1. The Balaban J connectivity index is 2.03. The molecule has 0 fully saturated rings. The molecule has 1 amide bonds. The van der Waals surface area contributed by atoms with Crippen molar-refractivity contribution in [2.24, 2.45) is 5.92 Å². The van der Waals surface area contributed by atoms with E-state index in [-0.39, 0.29) is 5.92 Å². The van der Waals surface area contributed by atoms with Crippen LogP contribution in [0.5, 0.6) is 0 Å². The van der Waals surface area contributed by atoms with Gasteiger partial charge in [-0.25, -0.2) is 4.79 Å². The molecule has 0 spiro atoms. The average molecular weight is 312 g/mol. The van der Waals surface area contributed by atoms with Crippen molar-refractivity contribution in [2.45, 2.75) is 13.8 Å². The normalized spacial score (nSPS) is 10.6. The lowest BCUT2D eigenvalue weighted by molar-refractivity contribution is 0.147. The van der Waals surface area contributed by atoms with Crippen molar-refractivity contribution in [1.82, 2.24) is 10.2 Å². The van der Waals surface area contributed by atoms with Crippen LogP contribution in [-0.4, -0.2) is 22.9 Å². The zero-order chi connectivity index (χ0) is 14.5. The first-order valence-corrected chi connectivity index (χ1v) is 7.28. The first-order chi connectivity index (χ1) is 9.56. The molecule has 0 saturated heterocycles. The number of amides is 1. The van der Waals surface area contributed by atoms with E-state index in [1.165, 1.54) is 11.3 Å². The van der Waals surface area contributed by atoms with Crippen LogP contribution in [-0.2, 0) is 4.74 Å². The number of ether oxygens (including phenoxy) is 1. The Morgan fingerprint density at radius 1 is 1.40 bits per heavy atom. The molecule has 20 heavy (non-hydrogen) atoms. The van der Waals surface area contributed by atoms with E-state index in [0.717, 1.165) is 5.56 Å². The first-order valence-electron chi connectivity index (χ1n) is 6.08.